The van der Waals surface area contributed by atoms with Crippen LogP contribution < -0.4 is 10.6 Å². The monoisotopic (exact) mass is 307 g/mol. The summed E-state index contributed by atoms with van der Waals surface area (Å²) in [5, 5.41) is 7.01. The van der Waals surface area contributed by atoms with Crippen LogP contribution >= 0.6 is 0 Å². The van der Waals surface area contributed by atoms with Crippen molar-refractivity contribution in [1.29, 1.82) is 0 Å². The topological polar surface area (TPSA) is 60.0 Å². The lowest BCUT2D eigenvalue weighted by Crippen LogP contribution is -2.47. The molecule has 0 aromatic heterocycles. The van der Waals surface area contributed by atoms with Gasteiger partial charge in [0.1, 0.15) is 6.54 Å². The van der Waals surface area contributed by atoms with Crippen molar-refractivity contribution in [2.45, 2.75) is 50.7 Å². The number of hydrogen-bond donors (Lipinski definition) is 2. The van der Waals surface area contributed by atoms with Crippen molar-refractivity contribution in [3.8, 4) is 0 Å². The summed E-state index contributed by atoms with van der Waals surface area (Å²) >= 11 is 0. The molecule has 3 rings (SSSR count). The minimum Gasteiger partial charge on any atom is -0.354 e. The third-order valence-electron chi connectivity index (χ3n) is 4.82. The van der Waals surface area contributed by atoms with Crippen molar-refractivity contribution < 1.29 is 4.79 Å². The number of likely N-dealkylation sites (tertiary alicyclic amines) is 1. The van der Waals surface area contributed by atoms with Gasteiger partial charge in [-0.1, -0.05) is 6.92 Å². The van der Waals surface area contributed by atoms with E-state index in [1.54, 1.807) is 19.0 Å². The first-order valence-electron chi connectivity index (χ1n) is 8.54. The maximum atomic E-state index is 11.8. The van der Waals surface area contributed by atoms with E-state index >= 15 is 0 Å². The molecule has 124 valence electrons. The predicted octanol–water partition coefficient (Wildman–Crippen LogP) is 0.255. The third kappa shape index (κ3) is 4.12. The van der Waals surface area contributed by atoms with Crippen LogP contribution in [0.2, 0.25) is 0 Å². The molecule has 6 nitrogen and oxygen atoms in total. The van der Waals surface area contributed by atoms with Gasteiger partial charge in [0.2, 0.25) is 5.91 Å². The molecule has 3 fully saturated rings. The van der Waals surface area contributed by atoms with E-state index in [-0.39, 0.29) is 12.5 Å². The Labute approximate surface area is 133 Å². The molecule has 2 unspecified atom stereocenters. The van der Waals surface area contributed by atoms with Crippen LogP contribution in [0.4, 0.5) is 0 Å². The molecule has 1 amide bonds. The van der Waals surface area contributed by atoms with Gasteiger partial charge in [-0.15, -0.1) is 0 Å². The normalized spacial score (nSPS) is 29.5. The zero-order chi connectivity index (χ0) is 15.7. The summed E-state index contributed by atoms with van der Waals surface area (Å²) in [6.45, 7) is 4.79. The Kier molecular flexibility index (Phi) is 4.57. The van der Waals surface area contributed by atoms with E-state index < -0.39 is 0 Å². The van der Waals surface area contributed by atoms with Gasteiger partial charge in [0.05, 0.1) is 0 Å². The van der Waals surface area contributed by atoms with Gasteiger partial charge < -0.3 is 15.5 Å². The Hall–Kier alpha value is -1.30. The van der Waals surface area contributed by atoms with Gasteiger partial charge in [0, 0.05) is 45.3 Å². The Bertz CT molecular complexity index is 442. The number of nitrogens with zero attached hydrogens (tertiary/aromatic N) is 3. The molecule has 0 spiro atoms. The largest absolute Gasteiger partial charge is 0.354 e. The van der Waals surface area contributed by atoms with E-state index in [0.717, 1.165) is 18.5 Å². The number of rotatable bonds is 5. The van der Waals surface area contributed by atoms with E-state index in [4.69, 9.17) is 0 Å². The van der Waals surface area contributed by atoms with Crippen molar-refractivity contribution in [2.24, 2.45) is 10.9 Å². The average Bonchev–Trinajstić information content (AvgIpc) is 3.36. The minimum atomic E-state index is 0.0379. The van der Waals surface area contributed by atoms with Crippen molar-refractivity contribution in [1.82, 2.24) is 20.4 Å². The summed E-state index contributed by atoms with van der Waals surface area (Å²) in [7, 11) is 3.54. The zero-order valence-electron chi connectivity index (χ0n) is 14.0. The van der Waals surface area contributed by atoms with Crippen molar-refractivity contribution in [3.05, 3.63) is 0 Å². The first kappa shape index (κ1) is 15.6. The molecule has 1 saturated heterocycles. The number of hydrogen-bond acceptors (Lipinski definition) is 3. The molecule has 0 aromatic carbocycles. The second kappa shape index (κ2) is 6.44. The van der Waals surface area contributed by atoms with Gasteiger partial charge >= 0.3 is 0 Å². The second-order valence-corrected chi connectivity index (χ2v) is 7.28. The summed E-state index contributed by atoms with van der Waals surface area (Å²) in [6, 6.07) is 1.79. The highest BCUT2D eigenvalue weighted by molar-refractivity contribution is 5.85. The molecular weight excluding hydrogens is 278 g/mol. The Morgan fingerprint density at radius 1 is 1.18 bits per heavy atom. The van der Waals surface area contributed by atoms with E-state index in [1.165, 1.54) is 32.2 Å². The lowest BCUT2D eigenvalue weighted by atomic mass is 10.1. The summed E-state index contributed by atoms with van der Waals surface area (Å²) < 4.78 is 0. The first-order chi connectivity index (χ1) is 10.5. The molecule has 0 bridgehead atoms. The van der Waals surface area contributed by atoms with Gasteiger partial charge in [0.25, 0.3) is 0 Å². The van der Waals surface area contributed by atoms with E-state index in [0.29, 0.717) is 18.0 Å². The third-order valence-corrected chi connectivity index (χ3v) is 4.82. The molecule has 2 aliphatic carbocycles. The molecule has 0 radical (unpaired) electrons. The molecule has 2 atom stereocenters. The predicted molar refractivity (Wildman–Crippen MR) is 87.8 cm³/mol. The van der Waals surface area contributed by atoms with Gasteiger partial charge in [-0.25, -0.2) is 4.99 Å². The van der Waals surface area contributed by atoms with Crippen LogP contribution in [0.15, 0.2) is 4.99 Å². The standard InChI is InChI=1S/C16H29N5O/c1-11-9-21(13-6-7-13)10-14(11)19-16(18-12-4-5-12)17-8-15(22)20(2)3/h11-14H,4-10H2,1-3H3,(H2,17,18,19). The lowest BCUT2D eigenvalue weighted by molar-refractivity contribution is -0.127. The molecule has 1 heterocycles. The number of amides is 1. The van der Waals surface area contributed by atoms with Crippen LogP contribution in [0.25, 0.3) is 0 Å². The maximum absolute atomic E-state index is 11.8. The van der Waals surface area contributed by atoms with Crippen molar-refractivity contribution in [3.63, 3.8) is 0 Å². The molecule has 6 heteroatoms. The number of aliphatic imine (C=N–C) groups is 1. The smallest absolute Gasteiger partial charge is 0.243 e. The van der Waals surface area contributed by atoms with Crippen LogP contribution in [-0.2, 0) is 4.79 Å². The molecular formula is C16H29N5O. The number of carbonyl (C=O) groups is 1. The van der Waals surface area contributed by atoms with Crippen LogP contribution in [0.5, 0.6) is 0 Å². The summed E-state index contributed by atoms with van der Waals surface area (Å²) in [5.41, 5.74) is 0. The highest BCUT2D eigenvalue weighted by atomic mass is 16.2. The molecule has 0 aromatic rings. The molecule has 2 N–H and O–H groups in total. The number of guanidine groups is 1. The quantitative estimate of drug-likeness (QED) is 0.565. The molecule has 2 saturated carbocycles. The number of nitrogens with one attached hydrogen (secondary N) is 2. The van der Waals surface area contributed by atoms with Crippen LogP contribution in [0.1, 0.15) is 32.6 Å². The fourth-order valence-electron chi connectivity index (χ4n) is 2.95. The lowest BCUT2D eigenvalue weighted by Gasteiger charge is -2.21. The van der Waals surface area contributed by atoms with Gasteiger partial charge in [-0.3, -0.25) is 9.69 Å². The first-order valence-corrected chi connectivity index (χ1v) is 8.54. The average molecular weight is 307 g/mol. The molecule has 1 aliphatic heterocycles. The van der Waals surface area contributed by atoms with E-state index in [9.17, 15) is 4.79 Å². The highest BCUT2D eigenvalue weighted by Crippen LogP contribution is 2.31. The summed E-state index contributed by atoms with van der Waals surface area (Å²) in [4.78, 5) is 20.4. The Morgan fingerprint density at radius 3 is 2.50 bits per heavy atom. The van der Waals surface area contributed by atoms with E-state index in [2.05, 4.69) is 27.4 Å². The molecule has 22 heavy (non-hydrogen) atoms. The van der Waals surface area contributed by atoms with Gasteiger partial charge in [0.15, 0.2) is 5.96 Å². The fraction of sp³-hybridized carbons (Fsp3) is 0.875. The SMILES string of the molecule is CC1CN(C2CC2)CC1NC(=NCC(=O)N(C)C)NC1CC1. The summed E-state index contributed by atoms with van der Waals surface area (Å²) in [6.07, 6.45) is 5.13. The van der Waals surface area contributed by atoms with Crippen LogP contribution in [-0.4, -0.2) is 73.5 Å². The highest BCUT2D eigenvalue weighted by Gasteiger charge is 2.38. The Balaban J connectivity index is 1.56. The van der Waals surface area contributed by atoms with Crippen molar-refractivity contribution >= 4 is 11.9 Å². The van der Waals surface area contributed by atoms with Crippen LogP contribution in [0.3, 0.4) is 0 Å². The molecule has 3 aliphatic rings. The maximum Gasteiger partial charge on any atom is 0.243 e. The van der Waals surface area contributed by atoms with Gasteiger partial charge in [-0.2, -0.15) is 0 Å². The minimum absolute atomic E-state index is 0.0379. The van der Waals surface area contributed by atoms with Crippen molar-refractivity contribution in [2.75, 3.05) is 33.7 Å². The fourth-order valence-corrected chi connectivity index (χ4v) is 2.95. The summed E-state index contributed by atoms with van der Waals surface area (Å²) in [5.74, 6) is 1.47. The van der Waals surface area contributed by atoms with Gasteiger partial charge in [-0.05, 0) is 31.6 Å². The van der Waals surface area contributed by atoms with E-state index in [1.807, 2.05) is 0 Å². The Morgan fingerprint density at radius 2 is 1.91 bits per heavy atom. The number of likely N-dealkylation sites (N-methyl/N-ethyl adjacent to an activating group) is 1. The second-order valence-electron chi connectivity index (χ2n) is 7.28. The zero-order valence-corrected chi connectivity index (χ0v) is 14.0. The van der Waals surface area contributed by atoms with Crippen LogP contribution in [0, 0.1) is 5.92 Å². The number of carbonyl (C=O) groups excluding carboxylic acids is 1.